The highest BCUT2D eigenvalue weighted by Crippen LogP contribution is 2.37. The van der Waals surface area contributed by atoms with Crippen molar-refractivity contribution in [3.05, 3.63) is 76.3 Å². The lowest BCUT2D eigenvalue weighted by Gasteiger charge is -2.37. The third kappa shape index (κ3) is 4.01. The van der Waals surface area contributed by atoms with E-state index in [2.05, 4.69) is 4.90 Å². The van der Waals surface area contributed by atoms with Crippen LogP contribution in [0.1, 0.15) is 26.3 Å². The molecule has 2 amide bonds. The van der Waals surface area contributed by atoms with Crippen molar-refractivity contribution in [2.45, 2.75) is 6.18 Å². The fraction of sp³-hybridized carbons (Fsp3) is 0.280. The Hall–Kier alpha value is -3.10. The monoisotopic (exact) mass is 487 g/mol. The zero-order valence-electron chi connectivity index (χ0n) is 18.1. The zero-order chi connectivity index (χ0) is 24.0. The number of halogens is 4. The van der Waals surface area contributed by atoms with E-state index in [0.717, 1.165) is 11.5 Å². The van der Waals surface area contributed by atoms with Gasteiger partial charge in [-0.1, -0.05) is 35.9 Å². The van der Waals surface area contributed by atoms with Crippen LogP contribution >= 0.6 is 11.6 Å². The quantitative estimate of drug-likeness (QED) is 0.489. The van der Waals surface area contributed by atoms with Gasteiger partial charge in [-0.25, -0.2) is 0 Å². The number of rotatable bonds is 4. The Kier molecular flexibility index (Phi) is 5.73. The van der Waals surface area contributed by atoms with E-state index in [0.29, 0.717) is 54.9 Å². The summed E-state index contributed by atoms with van der Waals surface area (Å²) in [5.41, 5.74) is 0.690. The molecule has 2 aliphatic rings. The van der Waals surface area contributed by atoms with Gasteiger partial charge in [-0.05, 0) is 35.7 Å². The van der Waals surface area contributed by atoms with Crippen molar-refractivity contribution in [1.82, 2.24) is 9.80 Å². The first-order chi connectivity index (χ1) is 16.2. The molecule has 34 heavy (non-hydrogen) atoms. The van der Waals surface area contributed by atoms with Gasteiger partial charge in [-0.15, -0.1) is 0 Å². The van der Waals surface area contributed by atoms with Gasteiger partial charge in [0.1, 0.15) is 0 Å². The van der Waals surface area contributed by atoms with Crippen LogP contribution in [0.2, 0.25) is 5.02 Å². The van der Waals surface area contributed by atoms with Gasteiger partial charge in [-0.3, -0.25) is 19.4 Å². The molecule has 0 unspecified atom stereocenters. The second kappa shape index (κ2) is 8.60. The first-order valence-corrected chi connectivity index (χ1v) is 11.3. The molecular formula is C25H21ClF3N3O2. The van der Waals surface area contributed by atoms with Gasteiger partial charge in [0.2, 0.25) is 0 Å². The SMILES string of the molecule is O=C1c2cccc3cccc(c23)C(=O)N1CCN1CCN(c2ccc(Cl)c(C(F)(F)F)c2)CC1. The number of benzene rings is 3. The van der Waals surface area contributed by atoms with Gasteiger partial charge in [0.05, 0.1) is 10.6 Å². The van der Waals surface area contributed by atoms with Crippen molar-refractivity contribution in [3.8, 4) is 0 Å². The molecule has 0 N–H and O–H groups in total. The van der Waals surface area contributed by atoms with E-state index in [4.69, 9.17) is 11.6 Å². The standard InChI is InChI=1S/C25H21ClF3N3O2/c26-21-8-7-17(15-20(21)25(27,28)29)31-12-9-30(10-13-31)11-14-32-23(33)18-5-1-3-16-4-2-6-19(22(16)18)24(32)34/h1-8,15H,9-14H2. The molecule has 2 aliphatic heterocycles. The summed E-state index contributed by atoms with van der Waals surface area (Å²) in [6, 6.07) is 14.8. The molecule has 0 aromatic heterocycles. The lowest BCUT2D eigenvalue weighted by molar-refractivity contribution is -0.137. The Morgan fingerprint density at radius 2 is 1.44 bits per heavy atom. The van der Waals surface area contributed by atoms with E-state index < -0.39 is 11.7 Å². The van der Waals surface area contributed by atoms with Crippen molar-refractivity contribution < 1.29 is 22.8 Å². The minimum absolute atomic E-state index is 0.252. The Labute approximate surface area is 199 Å². The van der Waals surface area contributed by atoms with Gasteiger partial charge in [-0.2, -0.15) is 13.2 Å². The summed E-state index contributed by atoms with van der Waals surface area (Å²) < 4.78 is 39.6. The molecular weight excluding hydrogens is 467 g/mol. The third-order valence-corrected chi connectivity index (χ3v) is 6.82. The van der Waals surface area contributed by atoms with Crippen LogP contribution in [0, 0.1) is 0 Å². The van der Waals surface area contributed by atoms with Crippen molar-refractivity contribution in [3.63, 3.8) is 0 Å². The first-order valence-electron chi connectivity index (χ1n) is 11.0. The van der Waals surface area contributed by atoms with Gasteiger partial charge in [0, 0.05) is 61.5 Å². The predicted molar refractivity (Wildman–Crippen MR) is 124 cm³/mol. The van der Waals surface area contributed by atoms with E-state index in [-0.39, 0.29) is 23.4 Å². The average Bonchev–Trinajstić information content (AvgIpc) is 2.82. The van der Waals surface area contributed by atoms with Gasteiger partial charge < -0.3 is 4.90 Å². The van der Waals surface area contributed by atoms with Crippen LogP contribution in [0.5, 0.6) is 0 Å². The maximum atomic E-state index is 13.2. The highest BCUT2D eigenvalue weighted by Gasteiger charge is 2.35. The molecule has 0 spiro atoms. The highest BCUT2D eigenvalue weighted by atomic mass is 35.5. The van der Waals surface area contributed by atoms with Crippen molar-refractivity contribution in [2.24, 2.45) is 0 Å². The predicted octanol–water partition coefficient (Wildman–Crippen LogP) is 4.93. The topological polar surface area (TPSA) is 43.9 Å². The van der Waals surface area contributed by atoms with Gasteiger partial charge in [0.25, 0.3) is 11.8 Å². The van der Waals surface area contributed by atoms with Crippen LogP contribution < -0.4 is 4.90 Å². The third-order valence-electron chi connectivity index (χ3n) is 6.49. The van der Waals surface area contributed by atoms with Gasteiger partial charge >= 0.3 is 6.18 Å². The summed E-state index contributed by atoms with van der Waals surface area (Å²) in [7, 11) is 0. The van der Waals surface area contributed by atoms with Crippen molar-refractivity contribution >= 4 is 39.9 Å². The molecule has 1 saturated heterocycles. The second-order valence-electron chi connectivity index (χ2n) is 8.46. The molecule has 0 atom stereocenters. The molecule has 0 saturated carbocycles. The fourth-order valence-corrected chi connectivity index (χ4v) is 4.91. The normalized spacial score (nSPS) is 17.1. The Morgan fingerprint density at radius 3 is 2.03 bits per heavy atom. The first kappa shape index (κ1) is 22.7. The molecule has 9 heteroatoms. The number of alkyl halides is 3. The number of amides is 2. The molecule has 176 valence electrons. The molecule has 5 rings (SSSR count). The number of hydrogen-bond acceptors (Lipinski definition) is 4. The summed E-state index contributed by atoms with van der Waals surface area (Å²) >= 11 is 5.73. The van der Waals surface area contributed by atoms with Crippen LogP contribution in [0.25, 0.3) is 10.8 Å². The summed E-state index contributed by atoms with van der Waals surface area (Å²) in [5.74, 6) is -0.595. The molecule has 0 aliphatic carbocycles. The molecule has 3 aromatic rings. The Bertz CT molecular complexity index is 1240. The van der Waals surface area contributed by atoms with E-state index >= 15 is 0 Å². The number of nitrogens with zero attached hydrogens (tertiary/aromatic N) is 3. The number of carbonyl (C=O) groups excluding carboxylic acids is 2. The number of carbonyl (C=O) groups is 2. The smallest absolute Gasteiger partial charge is 0.369 e. The van der Waals surface area contributed by atoms with E-state index in [1.807, 2.05) is 29.2 Å². The zero-order valence-corrected chi connectivity index (χ0v) is 18.9. The lowest BCUT2D eigenvalue weighted by atomic mass is 9.94. The Morgan fingerprint density at radius 1 is 0.824 bits per heavy atom. The van der Waals surface area contributed by atoms with Crippen LogP contribution in [0.3, 0.4) is 0 Å². The van der Waals surface area contributed by atoms with Crippen LogP contribution in [0.15, 0.2) is 54.6 Å². The molecule has 1 fully saturated rings. The fourth-order valence-electron chi connectivity index (χ4n) is 4.68. The van der Waals surface area contributed by atoms with Crippen molar-refractivity contribution in [2.75, 3.05) is 44.2 Å². The number of imide groups is 1. The summed E-state index contributed by atoms with van der Waals surface area (Å²) in [4.78, 5) is 31.4. The molecule has 2 heterocycles. The summed E-state index contributed by atoms with van der Waals surface area (Å²) in [6.07, 6.45) is -4.51. The summed E-state index contributed by atoms with van der Waals surface area (Å²) in [5, 5.41) is 1.25. The number of anilines is 1. The van der Waals surface area contributed by atoms with E-state index in [9.17, 15) is 22.8 Å². The molecule has 3 aromatic carbocycles. The maximum Gasteiger partial charge on any atom is 0.417 e. The maximum absolute atomic E-state index is 13.2. The van der Waals surface area contributed by atoms with E-state index in [1.165, 1.54) is 11.0 Å². The van der Waals surface area contributed by atoms with Crippen LogP contribution in [-0.2, 0) is 6.18 Å². The second-order valence-corrected chi connectivity index (χ2v) is 8.87. The van der Waals surface area contributed by atoms with Crippen LogP contribution in [-0.4, -0.2) is 60.9 Å². The van der Waals surface area contributed by atoms with Crippen molar-refractivity contribution in [1.29, 1.82) is 0 Å². The average molecular weight is 488 g/mol. The van der Waals surface area contributed by atoms with Crippen LogP contribution in [0.4, 0.5) is 18.9 Å². The molecule has 0 bridgehead atoms. The minimum atomic E-state index is -4.51. The Balaban J connectivity index is 1.24. The molecule has 5 nitrogen and oxygen atoms in total. The largest absolute Gasteiger partial charge is 0.417 e. The number of piperazine rings is 1. The minimum Gasteiger partial charge on any atom is -0.369 e. The number of hydrogen-bond donors (Lipinski definition) is 0. The lowest BCUT2D eigenvalue weighted by Crippen LogP contribution is -2.50. The molecule has 0 radical (unpaired) electrons. The van der Waals surface area contributed by atoms with E-state index in [1.54, 1.807) is 18.2 Å². The van der Waals surface area contributed by atoms with Gasteiger partial charge in [0.15, 0.2) is 0 Å². The highest BCUT2D eigenvalue weighted by molar-refractivity contribution is 6.31. The summed E-state index contributed by atoms with van der Waals surface area (Å²) in [6.45, 7) is 3.02.